The van der Waals surface area contributed by atoms with E-state index in [-0.39, 0.29) is 24.5 Å². The van der Waals surface area contributed by atoms with Gasteiger partial charge in [-0.1, -0.05) is 39.0 Å². The van der Waals surface area contributed by atoms with Crippen molar-refractivity contribution in [3.8, 4) is 6.07 Å². The fourth-order valence-electron chi connectivity index (χ4n) is 3.85. The molecule has 3 rings (SSSR count). The molecule has 1 saturated heterocycles. The smallest absolute Gasteiger partial charge is 0.305 e. The zero-order chi connectivity index (χ0) is 22.4. The van der Waals surface area contributed by atoms with Crippen molar-refractivity contribution in [1.29, 1.82) is 5.26 Å². The van der Waals surface area contributed by atoms with Crippen LogP contribution in [0, 0.1) is 11.3 Å². The Morgan fingerprint density at radius 1 is 1.32 bits per heavy atom. The van der Waals surface area contributed by atoms with Crippen molar-refractivity contribution in [3.63, 3.8) is 0 Å². The number of hydrogen-bond donors (Lipinski definition) is 3. The normalized spacial score (nSPS) is 25.5. The van der Waals surface area contributed by atoms with Gasteiger partial charge in [0.05, 0.1) is 5.69 Å². The molecule has 2 aromatic heterocycles. The second kappa shape index (κ2) is 10.0. The van der Waals surface area contributed by atoms with Gasteiger partial charge in [-0.25, -0.2) is 9.50 Å². The minimum Gasteiger partial charge on any atom is -0.463 e. The number of anilines is 1. The van der Waals surface area contributed by atoms with Crippen molar-refractivity contribution >= 4 is 17.3 Å². The summed E-state index contributed by atoms with van der Waals surface area (Å²) in [5, 5.41) is 35.1. The highest BCUT2D eigenvalue weighted by atomic mass is 16.6. The third kappa shape index (κ3) is 4.63. The second-order valence-electron chi connectivity index (χ2n) is 7.80. The number of aliphatic hydroxyl groups excluding tert-OH is 2. The number of nitriles is 1. The number of nitrogens with zero attached hydrogens (tertiary/aromatic N) is 4. The van der Waals surface area contributed by atoms with E-state index in [1.54, 1.807) is 6.07 Å². The number of rotatable bonds is 10. The maximum atomic E-state index is 12.0. The lowest BCUT2D eigenvalue weighted by molar-refractivity contribution is -0.150. The molecule has 0 aromatic carbocycles. The Bertz CT molecular complexity index is 942. The number of hydrogen-bond acceptors (Lipinski definition) is 9. The van der Waals surface area contributed by atoms with Gasteiger partial charge >= 0.3 is 5.97 Å². The van der Waals surface area contributed by atoms with Gasteiger partial charge in [0.25, 0.3) is 0 Å². The summed E-state index contributed by atoms with van der Waals surface area (Å²) in [6.45, 7) is 1.88. The van der Waals surface area contributed by atoms with Gasteiger partial charge in [-0.3, -0.25) is 4.79 Å². The van der Waals surface area contributed by atoms with Crippen LogP contribution in [0.25, 0.3) is 5.52 Å². The Hall–Kier alpha value is -2.74. The van der Waals surface area contributed by atoms with Crippen LogP contribution in [0.1, 0.15) is 57.6 Å². The number of nitrogens with two attached hydrogens (primary N) is 1. The van der Waals surface area contributed by atoms with E-state index in [4.69, 9.17) is 15.2 Å². The second-order valence-corrected chi connectivity index (χ2v) is 7.80. The molecular formula is C21H29N5O5. The zero-order valence-corrected chi connectivity index (χ0v) is 17.6. The lowest BCUT2D eigenvalue weighted by Crippen LogP contribution is -2.41. The zero-order valence-electron chi connectivity index (χ0n) is 17.6. The first-order valence-corrected chi connectivity index (χ1v) is 10.6. The van der Waals surface area contributed by atoms with Crippen LogP contribution in [0.5, 0.6) is 0 Å². The molecule has 3 heterocycles. The molecule has 0 radical (unpaired) electrons. The fraction of sp³-hybridized carbons (Fsp3) is 0.619. The molecule has 0 aliphatic carbocycles. The molecule has 1 aliphatic heterocycles. The van der Waals surface area contributed by atoms with E-state index in [1.807, 2.05) is 6.07 Å². The monoisotopic (exact) mass is 431 g/mol. The van der Waals surface area contributed by atoms with Gasteiger partial charge in [0.1, 0.15) is 42.8 Å². The first kappa shape index (κ1) is 22.9. The topological polar surface area (TPSA) is 156 Å². The van der Waals surface area contributed by atoms with Crippen LogP contribution in [0.15, 0.2) is 18.5 Å². The molecule has 1 aliphatic rings. The number of fused-ring (bicyclic) bond motifs is 1. The summed E-state index contributed by atoms with van der Waals surface area (Å²) in [7, 11) is 0. The van der Waals surface area contributed by atoms with Gasteiger partial charge in [-0.15, -0.1) is 0 Å². The Labute approximate surface area is 180 Å². The van der Waals surface area contributed by atoms with E-state index in [2.05, 4.69) is 17.0 Å². The molecule has 4 atom stereocenters. The number of aromatic nitrogens is 3. The molecule has 0 unspecified atom stereocenters. The summed E-state index contributed by atoms with van der Waals surface area (Å²) in [6, 6.07) is 5.08. The summed E-state index contributed by atoms with van der Waals surface area (Å²) in [4.78, 5) is 15.9. The summed E-state index contributed by atoms with van der Waals surface area (Å²) < 4.78 is 12.4. The summed E-state index contributed by atoms with van der Waals surface area (Å²) in [5.41, 5.74) is 4.57. The third-order valence-corrected chi connectivity index (χ3v) is 5.63. The van der Waals surface area contributed by atoms with Crippen molar-refractivity contribution in [2.24, 2.45) is 0 Å². The standard InChI is InChI=1S/C21H29N5O5/c1-2-3-4-5-6-7-8-17(27)30-11-15-18(28)19(29)21(12-22,31-15)16-10-9-14-20(23)24-13-25-26(14)16/h9-10,13,15,18-19,28-29H,2-8,11H2,1H3,(H2,23,24,25)/t15-,18-,19-,21+/m1/s1. The first-order valence-electron chi connectivity index (χ1n) is 10.6. The van der Waals surface area contributed by atoms with Crippen LogP contribution < -0.4 is 5.73 Å². The van der Waals surface area contributed by atoms with Crippen LogP contribution in [-0.4, -0.2) is 55.7 Å². The molecule has 0 spiro atoms. The molecule has 1 fully saturated rings. The molecular weight excluding hydrogens is 402 g/mol. The number of ether oxygens (including phenoxy) is 2. The van der Waals surface area contributed by atoms with Gasteiger partial charge in [-0.2, -0.15) is 10.4 Å². The molecule has 4 N–H and O–H groups in total. The fourth-order valence-corrected chi connectivity index (χ4v) is 3.85. The summed E-state index contributed by atoms with van der Waals surface area (Å²) in [6.07, 6.45) is 3.73. The maximum absolute atomic E-state index is 12.0. The molecule has 10 heteroatoms. The quantitative estimate of drug-likeness (QED) is 0.374. The lowest BCUT2D eigenvalue weighted by atomic mass is 9.92. The molecule has 168 valence electrons. The number of unbranched alkanes of at least 4 members (excludes halogenated alkanes) is 5. The van der Waals surface area contributed by atoms with E-state index in [0.29, 0.717) is 5.52 Å². The number of carbonyl (C=O) groups is 1. The van der Waals surface area contributed by atoms with E-state index in [0.717, 1.165) is 25.7 Å². The number of esters is 1. The van der Waals surface area contributed by atoms with E-state index in [9.17, 15) is 20.3 Å². The van der Waals surface area contributed by atoms with Gasteiger partial charge in [0.2, 0.25) is 5.60 Å². The Morgan fingerprint density at radius 3 is 2.81 bits per heavy atom. The van der Waals surface area contributed by atoms with Crippen molar-refractivity contribution < 1.29 is 24.5 Å². The molecule has 0 amide bonds. The van der Waals surface area contributed by atoms with Gasteiger partial charge in [0, 0.05) is 6.42 Å². The lowest BCUT2D eigenvalue weighted by Gasteiger charge is -2.24. The van der Waals surface area contributed by atoms with Crippen LogP contribution in [0.4, 0.5) is 5.82 Å². The van der Waals surface area contributed by atoms with Crippen molar-refractivity contribution in [3.05, 3.63) is 24.2 Å². The largest absolute Gasteiger partial charge is 0.463 e. The minimum atomic E-state index is -1.90. The van der Waals surface area contributed by atoms with Crippen LogP contribution in [0.2, 0.25) is 0 Å². The Balaban J connectivity index is 1.63. The molecule has 2 aromatic rings. The van der Waals surface area contributed by atoms with Crippen molar-refractivity contribution in [2.45, 2.75) is 75.8 Å². The van der Waals surface area contributed by atoms with E-state index < -0.39 is 29.9 Å². The van der Waals surface area contributed by atoms with Gasteiger partial charge < -0.3 is 25.4 Å². The molecule has 10 nitrogen and oxygen atoms in total. The SMILES string of the molecule is CCCCCCCCC(=O)OC[C@H]1O[C@@](C#N)(c2ccc3c(N)ncnn23)[C@H](O)[C@@H]1O. The summed E-state index contributed by atoms with van der Waals surface area (Å²) in [5.74, 6) is -0.202. The Kier molecular flexibility index (Phi) is 7.43. The van der Waals surface area contributed by atoms with Crippen molar-refractivity contribution in [2.75, 3.05) is 12.3 Å². The van der Waals surface area contributed by atoms with E-state index >= 15 is 0 Å². The average molecular weight is 431 g/mol. The highest BCUT2D eigenvalue weighted by molar-refractivity contribution is 5.69. The maximum Gasteiger partial charge on any atom is 0.305 e. The number of nitrogen functional groups attached to an aromatic ring is 1. The number of aliphatic hydroxyl groups is 2. The first-order chi connectivity index (χ1) is 14.9. The van der Waals surface area contributed by atoms with Crippen LogP contribution in [-0.2, 0) is 19.9 Å². The highest BCUT2D eigenvalue weighted by Crippen LogP contribution is 2.40. The highest BCUT2D eigenvalue weighted by Gasteiger charge is 2.57. The van der Waals surface area contributed by atoms with Gasteiger partial charge in [-0.05, 0) is 18.6 Å². The molecule has 31 heavy (non-hydrogen) atoms. The average Bonchev–Trinajstić information content (AvgIpc) is 3.31. The van der Waals surface area contributed by atoms with E-state index in [1.165, 1.54) is 29.8 Å². The van der Waals surface area contributed by atoms with Crippen LogP contribution in [0.3, 0.4) is 0 Å². The Morgan fingerprint density at radius 2 is 2.06 bits per heavy atom. The summed E-state index contributed by atoms with van der Waals surface area (Å²) >= 11 is 0. The van der Waals surface area contributed by atoms with Crippen molar-refractivity contribution in [1.82, 2.24) is 14.6 Å². The third-order valence-electron chi connectivity index (χ3n) is 5.63. The predicted octanol–water partition coefficient (Wildman–Crippen LogP) is 1.44. The number of carbonyl (C=O) groups excluding carboxylic acids is 1. The predicted molar refractivity (Wildman–Crippen MR) is 111 cm³/mol. The van der Waals surface area contributed by atoms with Crippen LogP contribution >= 0.6 is 0 Å². The molecule has 0 saturated carbocycles. The van der Waals surface area contributed by atoms with Gasteiger partial charge in [0.15, 0.2) is 5.82 Å². The molecule has 0 bridgehead atoms. The minimum absolute atomic E-state index is 0.197.